The van der Waals surface area contributed by atoms with Crippen LogP contribution in [-0.4, -0.2) is 23.2 Å². The minimum Gasteiger partial charge on any atom is -0.326 e. The lowest BCUT2D eigenvalue weighted by Crippen LogP contribution is -2.18. The fourth-order valence-corrected chi connectivity index (χ4v) is 2.33. The Morgan fingerprint density at radius 2 is 2.21 bits per heavy atom. The first kappa shape index (κ1) is 11.9. The predicted octanol–water partition coefficient (Wildman–Crippen LogP) is 1.68. The summed E-state index contributed by atoms with van der Waals surface area (Å²) in [6.07, 6.45) is 1.35. The second-order valence-electron chi connectivity index (χ2n) is 4.73. The van der Waals surface area contributed by atoms with Crippen LogP contribution in [0.1, 0.15) is 17.7 Å². The Kier molecular flexibility index (Phi) is 3.05. The highest BCUT2D eigenvalue weighted by atomic mass is 16.1. The SMILES string of the molecule is CNCc1cc(-c2ccc3c(c2)CCC(=O)N3)n[nH]1. The average Bonchev–Trinajstić information content (AvgIpc) is 2.87. The van der Waals surface area contributed by atoms with E-state index in [2.05, 4.69) is 26.9 Å². The highest BCUT2D eigenvalue weighted by Gasteiger charge is 2.15. The van der Waals surface area contributed by atoms with Gasteiger partial charge in [0.05, 0.1) is 5.69 Å². The van der Waals surface area contributed by atoms with Crippen LogP contribution in [-0.2, 0) is 17.8 Å². The van der Waals surface area contributed by atoms with E-state index in [0.29, 0.717) is 6.42 Å². The molecule has 0 radical (unpaired) electrons. The van der Waals surface area contributed by atoms with Gasteiger partial charge in [0.25, 0.3) is 0 Å². The van der Waals surface area contributed by atoms with Crippen LogP contribution in [0.2, 0.25) is 0 Å². The van der Waals surface area contributed by atoms with Crippen molar-refractivity contribution in [3.05, 3.63) is 35.5 Å². The summed E-state index contributed by atoms with van der Waals surface area (Å²) in [5, 5.41) is 13.3. The fourth-order valence-electron chi connectivity index (χ4n) is 2.33. The van der Waals surface area contributed by atoms with Gasteiger partial charge in [0.2, 0.25) is 5.91 Å². The number of benzene rings is 1. The maximum Gasteiger partial charge on any atom is 0.224 e. The van der Waals surface area contributed by atoms with Crippen LogP contribution in [0.5, 0.6) is 0 Å². The molecule has 0 unspecified atom stereocenters. The number of carbonyl (C=O) groups is 1. The maximum absolute atomic E-state index is 11.3. The van der Waals surface area contributed by atoms with Crippen molar-refractivity contribution in [3.63, 3.8) is 0 Å². The minimum absolute atomic E-state index is 0.0938. The standard InChI is InChI=1S/C14H16N4O/c1-15-8-11-7-13(18-17-11)10-2-4-12-9(6-10)3-5-14(19)16-12/h2,4,6-7,15H,3,5,8H2,1H3,(H,16,19)(H,17,18). The molecule has 1 amide bonds. The molecule has 0 fully saturated rings. The van der Waals surface area contributed by atoms with Crippen LogP contribution in [0.3, 0.4) is 0 Å². The van der Waals surface area contributed by atoms with E-state index in [1.54, 1.807) is 0 Å². The molecule has 0 atom stereocenters. The normalized spacial score (nSPS) is 14.1. The quantitative estimate of drug-likeness (QED) is 0.782. The summed E-state index contributed by atoms with van der Waals surface area (Å²) < 4.78 is 0. The molecule has 0 saturated heterocycles. The van der Waals surface area contributed by atoms with Gasteiger partial charge in [0.15, 0.2) is 0 Å². The number of nitrogens with one attached hydrogen (secondary N) is 3. The van der Waals surface area contributed by atoms with Crippen molar-refractivity contribution >= 4 is 11.6 Å². The third kappa shape index (κ3) is 2.37. The Morgan fingerprint density at radius 3 is 3.05 bits per heavy atom. The Balaban J connectivity index is 1.90. The fraction of sp³-hybridized carbons (Fsp3) is 0.286. The largest absolute Gasteiger partial charge is 0.326 e. The van der Waals surface area contributed by atoms with Crippen LogP contribution in [0.15, 0.2) is 24.3 Å². The lowest BCUT2D eigenvalue weighted by atomic mass is 9.99. The lowest BCUT2D eigenvalue weighted by molar-refractivity contribution is -0.116. The van der Waals surface area contributed by atoms with Gasteiger partial charge in [-0.15, -0.1) is 0 Å². The monoisotopic (exact) mass is 256 g/mol. The van der Waals surface area contributed by atoms with E-state index < -0.39 is 0 Å². The molecule has 5 nitrogen and oxygen atoms in total. The van der Waals surface area contributed by atoms with E-state index in [0.717, 1.165) is 35.6 Å². The molecule has 0 saturated carbocycles. The molecular weight excluding hydrogens is 240 g/mol. The number of aromatic amines is 1. The number of fused-ring (bicyclic) bond motifs is 1. The van der Waals surface area contributed by atoms with Crippen molar-refractivity contribution in [3.8, 4) is 11.3 Å². The van der Waals surface area contributed by atoms with E-state index in [1.807, 2.05) is 25.2 Å². The van der Waals surface area contributed by atoms with Crippen molar-refractivity contribution in [2.24, 2.45) is 0 Å². The number of aromatic nitrogens is 2. The summed E-state index contributed by atoms with van der Waals surface area (Å²) in [5.41, 5.74) is 5.17. The molecular formula is C14H16N4O. The third-order valence-corrected chi connectivity index (χ3v) is 3.29. The molecule has 5 heteroatoms. The molecule has 98 valence electrons. The molecule has 0 bridgehead atoms. The number of rotatable bonds is 3. The number of carbonyl (C=O) groups excluding carboxylic acids is 1. The van der Waals surface area contributed by atoms with Gasteiger partial charge < -0.3 is 10.6 Å². The van der Waals surface area contributed by atoms with E-state index in [1.165, 1.54) is 5.56 Å². The highest BCUT2D eigenvalue weighted by Crippen LogP contribution is 2.28. The van der Waals surface area contributed by atoms with Crippen molar-refractivity contribution in [1.29, 1.82) is 0 Å². The van der Waals surface area contributed by atoms with Gasteiger partial charge in [-0.25, -0.2) is 0 Å². The van der Waals surface area contributed by atoms with Gasteiger partial charge in [-0.3, -0.25) is 9.89 Å². The maximum atomic E-state index is 11.3. The summed E-state index contributed by atoms with van der Waals surface area (Å²) in [6, 6.07) is 8.09. The van der Waals surface area contributed by atoms with Gasteiger partial charge in [-0.05, 0) is 37.2 Å². The van der Waals surface area contributed by atoms with E-state index in [-0.39, 0.29) is 5.91 Å². The van der Waals surface area contributed by atoms with Crippen LogP contribution < -0.4 is 10.6 Å². The Morgan fingerprint density at radius 1 is 1.32 bits per heavy atom. The number of H-pyrrole nitrogens is 1. The van der Waals surface area contributed by atoms with Crippen LogP contribution in [0.25, 0.3) is 11.3 Å². The van der Waals surface area contributed by atoms with Crippen LogP contribution in [0, 0.1) is 0 Å². The summed E-state index contributed by atoms with van der Waals surface area (Å²) in [7, 11) is 1.90. The van der Waals surface area contributed by atoms with Gasteiger partial charge in [0.1, 0.15) is 0 Å². The van der Waals surface area contributed by atoms with Gasteiger partial charge >= 0.3 is 0 Å². The molecule has 2 aromatic rings. The van der Waals surface area contributed by atoms with Gasteiger partial charge in [0, 0.05) is 29.9 Å². The molecule has 1 aliphatic rings. The topological polar surface area (TPSA) is 69.8 Å². The van der Waals surface area contributed by atoms with Crippen LogP contribution >= 0.6 is 0 Å². The predicted molar refractivity (Wildman–Crippen MR) is 73.7 cm³/mol. The van der Waals surface area contributed by atoms with Gasteiger partial charge in [-0.1, -0.05) is 6.07 Å². The molecule has 0 spiro atoms. The molecule has 3 rings (SSSR count). The summed E-state index contributed by atoms with van der Waals surface area (Å²) in [4.78, 5) is 11.3. The van der Waals surface area contributed by atoms with E-state index in [9.17, 15) is 4.79 Å². The van der Waals surface area contributed by atoms with Crippen molar-refractivity contribution < 1.29 is 4.79 Å². The Bertz CT molecular complexity index is 618. The number of amides is 1. The molecule has 2 heterocycles. The number of aryl methyl sites for hydroxylation is 1. The second kappa shape index (κ2) is 4.85. The smallest absolute Gasteiger partial charge is 0.224 e. The Hall–Kier alpha value is -2.14. The molecule has 0 aliphatic carbocycles. The summed E-state index contributed by atoms with van der Waals surface area (Å²) in [5.74, 6) is 0.0938. The summed E-state index contributed by atoms with van der Waals surface area (Å²) >= 11 is 0. The number of anilines is 1. The highest BCUT2D eigenvalue weighted by molar-refractivity contribution is 5.94. The molecule has 1 aromatic carbocycles. The lowest BCUT2D eigenvalue weighted by Gasteiger charge is -2.17. The van der Waals surface area contributed by atoms with Crippen molar-refractivity contribution in [1.82, 2.24) is 15.5 Å². The van der Waals surface area contributed by atoms with Gasteiger partial charge in [-0.2, -0.15) is 5.10 Å². The first-order valence-electron chi connectivity index (χ1n) is 6.38. The zero-order valence-corrected chi connectivity index (χ0v) is 10.8. The van der Waals surface area contributed by atoms with Crippen LogP contribution in [0.4, 0.5) is 5.69 Å². The number of hydrogen-bond acceptors (Lipinski definition) is 3. The van der Waals surface area contributed by atoms with E-state index >= 15 is 0 Å². The zero-order chi connectivity index (χ0) is 13.2. The first-order chi connectivity index (χ1) is 9.26. The number of hydrogen-bond donors (Lipinski definition) is 3. The molecule has 1 aliphatic heterocycles. The molecule has 19 heavy (non-hydrogen) atoms. The Labute approximate surface area is 111 Å². The van der Waals surface area contributed by atoms with Crippen molar-refractivity contribution in [2.75, 3.05) is 12.4 Å². The zero-order valence-electron chi connectivity index (χ0n) is 10.8. The van der Waals surface area contributed by atoms with Crippen molar-refractivity contribution in [2.45, 2.75) is 19.4 Å². The number of nitrogens with zero attached hydrogens (tertiary/aromatic N) is 1. The minimum atomic E-state index is 0.0938. The third-order valence-electron chi connectivity index (χ3n) is 3.29. The van der Waals surface area contributed by atoms with E-state index in [4.69, 9.17) is 0 Å². The molecule has 3 N–H and O–H groups in total. The first-order valence-corrected chi connectivity index (χ1v) is 6.38. The summed E-state index contributed by atoms with van der Waals surface area (Å²) in [6.45, 7) is 0.772. The second-order valence-corrected chi connectivity index (χ2v) is 4.73. The average molecular weight is 256 g/mol. The molecule has 1 aromatic heterocycles.